The van der Waals surface area contributed by atoms with Crippen LogP contribution in [0.1, 0.15) is 5.56 Å². The third-order valence-electron chi connectivity index (χ3n) is 2.06. The van der Waals surface area contributed by atoms with Crippen molar-refractivity contribution in [3.63, 3.8) is 0 Å². The van der Waals surface area contributed by atoms with Crippen molar-refractivity contribution in [3.05, 3.63) is 48.3 Å². The van der Waals surface area contributed by atoms with Crippen molar-refractivity contribution < 1.29 is 5.11 Å². The third kappa shape index (κ3) is 1.83. The largest absolute Gasteiger partial charge is 0.396 e. The fourth-order valence-electron chi connectivity index (χ4n) is 1.34. The molecule has 2 rings (SSSR count). The second-order valence-corrected chi connectivity index (χ2v) is 3.10. The number of aliphatic hydroxyl groups excluding tert-OH is 1. The van der Waals surface area contributed by atoms with E-state index >= 15 is 0 Å². The number of aromatic nitrogens is 2. The van der Waals surface area contributed by atoms with E-state index in [4.69, 9.17) is 5.11 Å². The average molecular weight is 188 g/mol. The van der Waals surface area contributed by atoms with Crippen LogP contribution in [0.25, 0.3) is 5.69 Å². The molecule has 72 valence electrons. The number of aliphatic hydroxyl groups is 1. The molecule has 1 aromatic carbocycles. The van der Waals surface area contributed by atoms with Gasteiger partial charge in [0, 0.05) is 12.8 Å². The summed E-state index contributed by atoms with van der Waals surface area (Å²) in [7, 11) is 0. The maximum absolute atomic E-state index is 8.76. The summed E-state index contributed by atoms with van der Waals surface area (Å²) in [6, 6.07) is 9.92. The van der Waals surface area contributed by atoms with E-state index in [1.54, 1.807) is 6.20 Å². The third-order valence-corrected chi connectivity index (χ3v) is 2.06. The highest BCUT2D eigenvalue weighted by molar-refractivity contribution is 5.30. The monoisotopic (exact) mass is 188 g/mol. The predicted octanol–water partition coefficient (Wildman–Crippen LogP) is 1.41. The number of rotatable bonds is 3. The zero-order valence-electron chi connectivity index (χ0n) is 7.80. The van der Waals surface area contributed by atoms with Crippen LogP contribution < -0.4 is 0 Å². The zero-order valence-corrected chi connectivity index (χ0v) is 7.80. The van der Waals surface area contributed by atoms with Crippen molar-refractivity contribution in [3.8, 4) is 5.69 Å². The van der Waals surface area contributed by atoms with Crippen molar-refractivity contribution in [1.29, 1.82) is 0 Å². The first-order valence-electron chi connectivity index (χ1n) is 4.60. The Bertz CT molecular complexity index is 395. The van der Waals surface area contributed by atoms with Gasteiger partial charge in [-0.1, -0.05) is 18.2 Å². The SMILES string of the molecule is OCCc1cnn(-c2ccccc2)c1. The van der Waals surface area contributed by atoms with E-state index in [1.165, 1.54) is 0 Å². The zero-order chi connectivity index (χ0) is 9.80. The molecule has 0 unspecified atom stereocenters. The van der Waals surface area contributed by atoms with Crippen molar-refractivity contribution in [2.24, 2.45) is 0 Å². The lowest BCUT2D eigenvalue weighted by Crippen LogP contribution is -1.93. The van der Waals surface area contributed by atoms with Gasteiger partial charge in [0.25, 0.3) is 0 Å². The van der Waals surface area contributed by atoms with Gasteiger partial charge in [-0.2, -0.15) is 5.10 Å². The highest BCUT2D eigenvalue weighted by Gasteiger charge is 1.98. The average Bonchev–Trinajstić information content (AvgIpc) is 2.68. The molecule has 0 bridgehead atoms. The molecule has 1 N–H and O–H groups in total. The van der Waals surface area contributed by atoms with Gasteiger partial charge in [0.15, 0.2) is 0 Å². The van der Waals surface area contributed by atoms with Gasteiger partial charge in [0.1, 0.15) is 0 Å². The molecule has 3 heteroatoms. The van der Waals surface area contributed by atoms with Gasteiger partial charge < -0.3 is 5.11 Å². The van der Waals surface area contributed by atoms with E-state index in [1.807, 2.05) is 41.2 Å². The van der Waals surface area contributed by atoms with Crippen LogP contribution in [-0.4, -0.2) is 21.5 Å². The molecular formula is C11H12N2O. The number of nitrogens with zero attached hydrogens (tertiary/aromatic N) is 2. The van der Waals surface area contributed by atoms with Crippen molar-refractivity contribution in [2.45, 2.75) is 6.42 Å². The summed E-state index contributed by atoms with van der Waals surface area (Å²) >= 11 is 0. The molecule has 1 heterocycles. The number of benzene rings is 1. The summed E-state index contributed by atoms with van der Waals surface area (Å²) in [5.41, 5.74) is 2.09. The fraction of sp³-hybridized carbons (Fsp3) is 0.182. The minimum Gasteiger partial charge on any atom is -0.396 e. The summed E-state index contributed by atoms with van der Waals surface area (Å²) in [6.07, 6.45) is 4.38. The minimum atomic E-state index is 0.167. The predicted molar refractivity (Wildman–Crippen MR) is 54.4 cm³/mol. The van der Waals surface area contributed by atoms with Crippen LogP contribution in [0.3, 0.4) is 0 Å². The van der Waals surface area contributed by atoms with E-state index in [0.717, 1.165) is 11.3 Å². The molecule has 0 aliphatic heterocycles. The van der Waals surface area contributed by atoms with Crippen LogP contribution in [0.15, 0.2) is 42.7 Å². The topological polar surface area (TPSA) is 38.1 Å². The first-order valence-corrected chi connectivity index (χ1v) is 4.60. The molecule has 0 atom stereocenters. The van der Waals surface area contributed by atoms with Crippen molar-refractivity contribution >= 4 is 0 Å². The van der Waals surface area contributed by atoms with Gasteiger partial charge in [0.2, 0.25) is 0 Å². The Labute approximate surface area is 82.6 Å². The standard InChI is InChI=1S/C11H12N2O/c14-7-6-10-8-12-13(9-10)11-4-2-1-3-5-11/h1-5,8-9,14H,6-7H2. The van der Waals surface area contributed by atoms with Gasteiger partial charge in [-0.3, -0.25) is 0 Å². The Morgan fingerprint density at radius 3 is 2.71 bits per heavy atom. The summed E-state index contributed by atoms with van der Waals surface area (Å²) in [5, 5.41) is 13.0. The highest BCUT2D eigenvalue weighted by Crippen LogP contribution is 2.07. The molecule has 0 amide bonds. The van der Waals surface area contributed by atoms with Gasteiger partial charge in [-0.25, -0.2) is 4.68 Å². The highest BCUT2D eigenvalue weighted by atomic mass is 16.2. The van der Waals surface area contributed by atoms with Crippen LogP contribution in [0.5, 0.6) is 0 Å². The van der Waals surface area contributed by atoms with Gasteiger partial charge in [-0.05, 0) is 24.1 Å². The molecule has 0 saturated carbocycles. The lowest BCUT2D eigenvalue weighted by Gasteiger charge is -1.98. The number of hydrogen-bond donors (Lipinski definition) is 1. The molecule has 0 saturated heterocycles. The maximum Gasteiger partial charge on any atom is 0.0645 e. The molecule has 0 radical (unpaired) electrons. The summed E-state index contributed by atoms with van der Waals surface area (Å²) in [4.78, 5) is 0. The first kappa shape index (κ1) is 8.97. The molecule has 0 aliphatic carbocycles. The minimum absolute atomic E-state index is 0.167. The summed E-state index contributed by atoms with van der Waals surface area (Å²) in [6.45, 7) is 0.167. The molecule has 0 fully saturated rings. The second-order valence-electron chi connectivity index (χ2n) is 3.10. The Kier molecular flexibility index (Phi) is 2.60. The smallest absolute Gasteiger partial charge is 0.0645 e. The number of hydrogen-bond acceptors (Lipinski definition) is 2. The normalized spacial score (nSPS) is 10.4. The van der Waals surface area contributed by atoms with Crippen LogP contribution in [-0.2, 0) is 6.42 Å². The Morgan fingerprint density at radius 2 is 2.00 bits per heavy atom. The molecule has 3 nitrogen and oxygen atoms in total. The maximum atomic E-state index is 8.76. The van der Waals surface area contributed by atoms with Crippen LogP contribution in [0.2, 0.25) is 0 Å². The lowest BCUT2D eigenvalue weighted by atomic mass is 10.3. The van der Waals surface area contributed by atoms with Crippen molar-refractivity contribution in [1.82, 2.24) is 9.78 Å². The fourth-order valence-corrected chi connectivity index (χ4v) is 1.34. The quantitative estimate of drug-likeness (QED) is 0.790. The lowest BCUT2D eigenvalue weighted by molar-refractivity contribution is 0.299. The summed E-state index contributed by atoms with van der Waals surface area (Å²) in [5.74, 6) is 0. The molecule has 0 aliphatic rings. The van der Waals surface area contributed by atoms with E-state index in [9.17, 15) is 0 Å². The molecular weight excluding hydrogens is 176 g/mol. The Balaban J connectivity index is 2.25. The van der Waals surface area contributed by atoms with E-state index < -0.39 is 0 Å². The molecule has 14 heavy (non-hydrogen) atoms. The first-order chi connectivity index (χ1) is 6.90. The molecule has 2 aromatic rings. The van der Waals surface area contributed by atoms with Gasteiger partial charge in [0.05, 0.1) is 11.9 Å². The van der Waals surface area contributed by atoms with Gasteiger partial charge in [-0.15, -0.1) is 0 Å². The van der Waals surface area contributed by atoms with Crippen LogP contribution >= 0.6 is 0 Å². The number of para-hydroxylation sites is 1. The molecule has 1 aromatic heterocycles. The van der Waals surface area contributed by atoms with Gasteiger partial charge >= 0.3 is 0 Å². The van der Waals surface area contributed by atoms with Crippen LogP contribution in [0, 0.1) is 0 Å². The Hall–Kier alpha value is -1.61. The van der Waals surface area contributed by atoms with Crippen LogP contribution in [0.4, 0.5) is 0 Å². The summed E-state index contributed by atoms with van der Waals surface area (Å²) < 4.78 is 1.81. The Morgan fingerprint density at radius 1 is 1.21 bits per heavy atom. The van der Waals surface area contributed by atoms with E-state index in [-0.39, 0.29) is 6.61 Å². The van der Waals surface area contributed by atoms with E-state index in [0.29, 0.717) is 6.42 Å². The second kappa shape index (κ2) is 4.07. The molecule has 0 spiro atoms. The van der Waals surface area contributed by atoms with Crippen molar-refractivity contribution in [2.75, 3.05) is 6.61 Å². The van der Waals surface area contributed by atoms with E-state index in [2.05, 4.69) is 5.10 Å².